The molecule has 0 saturated carbocycles. The van der Waals surface area contributed by atoms with E-state index in [-0.39, 0.29) is 5.56 Å². The average molecular weight is 362 g/mol. The maximum Gasteiger partial charge on any atom is 0.267 e. The molecular formula is C18H26N4O2S. The fraction of sp³-hybridized carbons (Fsp3) is 0.722. The summed E-state index contributed by atoms with van der Waals surface area (Å²) in [5.74, 6) is 2.83. The molecule has 0 atom stereocenters. The second-order valence-corrected chi connectivity index (χ2v) is 8.51. The van der Waals surface area contributed by atoms with E-state index in [4.69, 9.17) is 0 Å². The lowest BCUT2D eigenvalue weighted by Gasteiger charge is -2.40. The highest BCUT2D eigenvalue weighted by Gasteiger charge is 2.29. The number of carbonyl (C=O) groups excluding carboxylic acids is 1. The molecule has 0 bridgehead atoms. The number of rotatable bonds is 5. The van der Waals surface area contributed by atoms with Gasteiger partial charge in [0.05, 0.1) is 12.2 Å². The highest BCUT2D eigenvalue weighted by atomic mass is 32.2. The van der Waals surface area contributed by atoms with E-state index in [1.54, 1.807) is 10.7 Å². The molecule has 4 rings (SSSR count). The normalized spacial score (nSPS) is 21.9. The van der Waals surface area contributed by atoms with E-state index >= 15 is 0 Å². The minimum atomic E-state index is 0.0404. The lowest BCUT2D eigenvalue weighted by atomic mass is 10.00. The van der Waals surface area contributed by atoms with Gasteiger partial charge in [0.15, 0.2) is 0 Å². The Morgan fingerprint density at radius 3 is 2.88 bits per heavy atom. The zero-order valence-corrected chi connectivity index (χ0v) is 15.5. The van der Waals surface area contributed by atoms with E-state index in [0.29, 0.717) is 18.2 Å². The van der Waals surface area contributed by atoms with Crippen molar-refractivity contribution in [2.75, 3.05) is 38.5 Å². The Balaban J connectivity index is 1.26. The molecule has 6 nitrogen and oxygen atoms in total. The first kappa shape index (κ1) is 17.1. The van der Waals surface area contributed by atoms with Gasteiger partial charge in [-0.05, 0) is 24.2 Å². The van der Waals surface area contributed by atoms with Crippen LogP contribution in [0.5, 0.6) is 0 Å². The van der Waals surface area contributed by atoms with Gasteiger partial charge in [0.2, 0.25) is 5.91 Å². The summed E-state index contributed by atoms with van der Waals surface area (Å²) in [6, 6.07) is 1.78. The summed E-state index contributed by atoms with van der Waals surface area (Å²) in [7, 11) is 0. The summed E-state index contributed by atoms with van der Waals surface area (Å²) >= 11 is 1.88. The molecule has 3 aliphatic heterocycles. The second kappa shape index (κ2) is 7.50. The van der Waals surface area contributed by atoms with E-state index in [0.717, 1.165) is 81.3 Å². The standard InChI is InChI=1S/C18H26N4O2S/c23-17-3-1-2-5-21(17)7-6-20-10-14(11-20)12-22-18(24)9-15-13-25-8-4-16(15)19-22/h9,14H,1-8,10-13H2. The number of aryl methyl sites for hydroxylation is 1. The van der Waals surface area contributed by atoms with Crippen molar-refractivity contribution in [2.24, 2.45) is 5.92 Å². The predicted octanol–water partition coefficient (Wildman–Crippen LogP) is 0.977. The van der Waals surface area contributed by atoms with Gasteiger partial charge in [-0.3, -0.25) is 9.59 Å². The van der Waals surface area contributed by atoms with Crippen LogP contribution in [-0.4, -0.2) is 64.0 Å². The van der Waals surface area contributed by atoms with Gasteiger partial charge in [0.1, 0.15) is 0 Å². The molecule has 1 aromatic rings. The molecule has 0 aliphatic carbocycles. The van der Waals surface area contributed by atoms with Crippen molar-refractivity contribution in [3.05, 3.63) is 27.7 Å². The van der Waals surface area contributed by atoms with Crippen molar-refractivity contribution in [3.8, 4) is 0 Å². The van der Waals surface area contributed by atoms with Crippen LogP contribution in [0.25, 0.3) is 0 Å². The third kappa shape index (κ3) is 3.92. The summed E-state index contributed by atoms with van der Waals surface area (Å²) in [5.41, 5.74) is 2.27. The molecule has 2 saturated heterocycles. The topological polar surface area (TPSA) is 58.4 Å². The lowest BCUT2D eigenvalue weighted by molar-refractivity contribution is -0.133. The molecule has 0 radical (unpaired) electrons. The molecule has 0 unspecified atom stereocenters. The van der Waals surface area contributed by atoms with Crippen molar-refractivity contribution < 1.29 is 4.79 Å². The zero-order valence-electron chi connectivity index (χ0n) is 14.7. The van der Waals surface area contributed by atoms with Crippen molar-refractivity contribution in [3.63, 3.8) is 0 Å². The van der Waals surface area contributed by atoms with Gasteiger partial charge in [-0.25, -0.2) is 4.68 Å². The Kier molecular flexibility index (Phi) is 5.12. The average Bonchev–Trinajstić information content (AvgIpc) is 2.58. The predicted molar refractivity (Wildman–Crippen MR) is 98.7 cm³/mol. The van der Waals surface area contributed by atoms with Crippen LogP contribution >= 0.6 is 11.8 Å². The quantitative estimate of drug-likeness (QED) is 0.781. The first-order valence-corrected chi connectivity index (χ1v) is 10.5. The van der Waals surface area contributed by atoms with Crippen LogP contribution in [0.3, 0.4) is 0 Å². The highest BCUT2D eigenvalue weighted by Crippen LogP contribution is 2.22. The number of aromatic nitrogens is 2. The number of thioether (sulfide) groups is 1. The molecule has 0 aromatic carbocycles. The third-order valence-corrected chi connectivity index (χ3v) is 6.48. The fourth-order valence-corrected chi connectivity index (χ4v) is 4.92. The molecule has 3 aliphatic rings. The van der Waals surface area contributed by atoms with Crippen LogP contribution in [-0.2, 0) is 23.5 Å². The molecule has 2 fully saturated rings. The molecule has 4 heterocycles. The van der Waals surface area contributed by atoms with Crippen LogP contribution in [0.2, 0.25) is 0 Å². The van der Waals surface area contributed by atoms with E-state index < -0.39 is 0 Å². The van der Waals surface area contributed by atoms with Gasteiger partial charge in [0, 0.05) is 63.3 Å². The van der Waals surface area contributed by atoms with E-state index in [1.165, 1.54) is 0 Å². The van der Waals surface area contributed by atoms with Gasteiger partial charge in [-0.1, -0.05) is 0 Å². The maximum absolute atomic E-state index is 12.2. The number of amides is 1. The van der Waals surface area contributed by atoms with Crippen LogP contribution in [0.15, 0.2) is 10.9 Å². The van der Waals surface area contributed by atoms with Crippen molar-refractivity contribution >= 4 is 17.7 Å². The Bertz CT molecular complexity index is 699. The van der Waals surface area contributed by atoms with Gasteiger partial charge >= 0.3 is 0 Å². The zero-order chi connectivity index (χ0) is 17.2. The number of likely N-dealkylation sites (tertiary alicyclic amines) is 2. The van der Waals surface area contributed by atoms with Crippen LogP contribution in [0.4, 0.5) is 0 Å². The number of piperidine rings is 1. The molecule has 25 heavy (non-hydrogen) atoms. The smallest absolute Gasteiger partial charge is 0.267 e. The molecule has 1 amide bonds. The second-order valence-electron chi connectivity index (χ2n) is 7.40. The Morgan fingerprint density at radius 2 is 2.04 bits per heavy atom. The minimum absolute atomic E-state index is 0.0404. The van der Waals surface area contributed by atoms with E-state index in [9.17, 15) is 9.59 Å². The minimum Gasteiger partial charge on any atom is -0.341 e. The van der Waals surface area contributed by atoms with Gasteiger partial charge in [-0.15, -0.1) is 0 Å². The maximum atomic E-state index is 12.2. The third-order valence-electron chi connectivity index (χ3n) is 5.48. The molecule has 7 heteroatoms. The number of nitrogens with zero attached hydrogens (tertiary/aromatic N) is 4. The Hall–Kier alpha value is -1.34. The van der Waals surface area contributed by atoms with Crippen LogP contribution < -0.4 is 5.56 Å². The van der Waals surface area contributed by atoms with E-state index in [2.05, 4.69) is 10.00 Å². The highest BCUT2D eigenvalue weighted by molar-refractivity contribution is 7.98. The van der Waals surface area contributed by atoms with Crippen LogP contribution in [0, 0.1) is 5.92 Å². The number of fused-ring (bicyclic) bond motifs is 1. The summed E-state index contributed by atoms with van der Waals surface area (Å²) < 4.78 is 1.67. The van der Waals surface area contributed by atoms with Gasteiger partial charge in [0.25, 0.3) is 5.56 Å². The fourth-order valence-electron chi connectivity index (χ4n) is 3.96. The number of carbonyl (C=O) groups is 1. The molecule has 1 aromatic heterocycles. The SMILES string of the molecule is O=C1CCCCN1CCN1CC(Cn2nc3c(cc2=O)CSCC3)C1. The van der Waals surface area contributed by atoms with Crippen LogP contribution in [0.1, 0.15) is 30.5 Å². The molecule has 136 valence electrons. The van der Waals surface area contributed by atoms with Gasteiger partial charge < -0.3 is 9.80 Å². The monoisotopic (exact) mass is 362 g/mol. The Morgan fingerprint density at radius 1 is 1.16 bits per heavy atom. The van der Waals surface area contributed by atoms with Crippen molar-refractivity contribution in [2.45, 2.75) is 38.0 Å². The first-order valence-electron chi connectivity index (χ1n) is 9.37. The summed E-state index contributed by atoms with van der Waals surface area (Å²) in [4.78, 5) is 28.5. The first-order chi connectivity index (χ1) is 12.2. The van der Waals surface area contributed by atoms with Gasteiger partial charge in [-0.2, -0.15) is 16.9 Å². The van der Waals surface area contributed by atoms with Crippen molar-refractivity contribution in [1.29, 1.82) is 0 Å². The lowest BCUT2D eigenvalue weighted by Crippen LogP contribution is -2.52. The molecular weight excluding hydrogens is 336 g/mol. The summed E-state index contributed by atoms with van der Waals surface area (Å²) in [5, 5.41) is 4.61. The summed E-state index contributed by atoms with van der Waals surface area (Å²) in [6.45, 7) is 5.44. The number of hydrogen-bond donors (Lipinski definition) is 0. The van der Waals surface area contributed by atoms with E-state index in [1.807, 2.05) is 16.7 Å². The largest absolute Gasteiger partial charge is 0.341 e. The van der Waals surface area contributed by atoms with Crippen molar-refractivity contribution in [1.82, 2.24) is 19.6 Å². The number of hydrogen-bond acceptors (Lipinski definition) is 5. The Labute approximate surface area is 152 Å². The summed E-state index contributed by atoms with van der Waals surface area (Å²) in [6.07, 6.45) is 3.87. The molecule has 0 N–H and O–H groups in total. The molecule has 0 spiro atoms.